The van der Waals surface area contributed by atoms with Crippen molar-refractivity contribution in [2.45, 2.75) is 70.7 Å². The number of likely N-dealkylation sites (tertiary alicyclic amines) is 1. The minimum absolute atomic E-state index is 0.162. The fraction of sp³-hybridized carbons (Fsp3) is 1.00. The highest BCUT2D eigenvalue weighted by molar-refractivity contribution is 5.01. The summed E-state index contributed by atoms with van der Waals surface area (Å²) in [5.41, 5.74) is 0.324. The molecule has 1 aliphatic heterocycles. The van der Waals surface area contributed by atoms with E-state index in [0.717, 1.165) is 19.4 Å². The van der Waals surface area contributed by atoms with Crippen LogP contribution in [-0.4, -0.2) is 49.0 Å². The van der Waals surface area contributed by atoms with Crippen LogP contribution in [0.5, 0.6) is 0 Å². The number of rotatable bonds is 4. The molecule has 1 saturated heterocycles. The normalized spacial score (nSPS) is 27.0. The average Bonchev–Trinajstić information content (AvgIpc) is 2.21. The van der Waals surface area contributed by atoms with Crippen LogP contribution in [0.4, 0.5) is 0 Å². The number of methoxy groups -OCH3 is 2. The molecule has 0 N–H and O–H groups in total. The van der Waals surface area contributed by atoms with Crippen molar-refractivity contribution in [3.8, 4) is 0 Å². The predicted molar refractivity (Wildman–Crippen MR) is 71.4 cm³/mol. The van der Waals surface area contributed by atoms with Gasteiger partial charge in [0.2, 0.25) is 0 Å². The van der Waals surface area contributed by atoms with E-state index in [4.69, 9.17) is 9.47 Å². The first-order valence-electron chi connectivity index (χ1n) is 6.56. The van der Waals surface area contributed by atoms with Crippen molar-refractivity contribution >= 4 is 0 Å². The first-order valence-corrected chi connectivity index (χ1v) is 6.56. The molecule has 0 radical (unpaired) electrons. The molecule has 0 aromatic rings. The average molecular weight is 243 g/mol. The molecule has 0 aliphatic carbocycles. The van der Waals surface area contributed by atoms with Gasteiger partial charge in [0, 0.05) is 31.8 Å². The van der Waals surface area contributed by atoms with E-state index in [1.165, 1.54) is 0 Å². The Hall–Kier alpha value is -0.120. The maximum absolute atomic E-state index is 5.58. The molecule has 102 valence electrons. The fourth-order valence-electron chi connectivity index (χ4n) is 3.22. The van der Waals surface area contributed by atoms with Crippen LogP contribution in [0.15, 0.2) is 0 Å². The van der Waals surface area contributed by atoms with Crippen LogP contribution in [0.1, 0.15) is 47.5 Å². The van der Waals surface area contributed by atoms with Crippen LogP contribution >= 0.6 is 0 Å². The van der Waals surface area contributed by atoms with E-state index in [0.29, 0.717) is 6.10 Å². The van der Waals surface area contributed by atoms with Crippen LogP contribution < -0.4 is 0 Å². The second kappa shape index (κ2) is 5.25. The number of hydrogen-bond donors (Lipinski definition) is 0. The zero-order valence-corrected chi connectivity index (χ0v) is 12.5. The SMILES string of the molecule is COC(C)CN1C(C)(C)CC(OC)CC1(C)C. The monoisotopic (exact) mass is 243 g/mol. The largest absolute Gasteiger partial charge is 0.381 e. The van der Waals surface area contributed by atoms with E-state index in [1.807, 2.05) is 7.11 Å². The van der Waals surface area contributed by atoms with Crippen molar-refractivity contribution in [2.24, 2.45) is 0 Å². The van der Waals surface area contributed by atoms with Crippen molar-refractivity contribution in [2.75, 3.05) is 20.8 Å². The standard InChI is InChI=1S/C14H29NO2/c1-11(16-6)10-15-13(2,3)8-12(17-7)9-14(15,4)5/h11-12H,8-10H2,1-7H3. The van der Waals surface area contributed by atoms with Crippen LogP contribution in [0, 0.1) is 0 Å². The van der Waals surface area contributed by atoms with Crippen molar-refractivity contribution in [1.82, 2.24) is 4.90 Å². The Morgan fingerprint density at radius 3 is 1.94 bits per heavy atom. The summed E-state index contributed by atoms with van der Waals surface area (Å²) in [7, 11) is 3.61. The Bertz CT molecular complexity index is 233. The molecule has 0 aromatic carbocycles. The molecule has 1 aliphatic rings. The Balaban J connectivity index is 2.85. The van der Waals surface area contributed by atoms with Crippen molar-refractivity contribution in [3.63, 3.8) is 0 Å². The summed E-state index contributed by atoms with van der Waals surface area (Å²) in [5.74, 6) is 0. The summed E-state index contributed by atoms with van der Waals surface area (Å²) in [6.45, 7) is 12.3. The second-order valence-electron chi connectivity index (χ2n) is 6.55. The lowest BCUT2D eigenvalue weighted by Crippen LogP contribution is -2.63. The summed E-state index contributed by atoms with van der Waals surface area (Å²) < 4.78 is 11.0. The second-order valence-corrected chi connectivity index (χ2v) is 6.55. The van der Waals surface area contributed by atoms with Crippen molar-refractivity contribution < 1.29 is 9.47 Å². The summed E-state index contributed by atoms with van der Waals surface area (Å²) in [5, 5.41) is 0. The van der Waals surface area contributed by atoms with Crippen molar-refractivity contribution in [3.05, 3.63) is 0 Å². The topological polar surface area (TPSA) is 21.7 Å². The molecule has 1 rings (SSSR count). The zero-order valence-electron chi connectivity index (χ0n) is 12.5. The number of ether oxygens (including phenoxy) is 2. The molecule has 0 spiro atoms. The number of piperidine rings is 1. The predicted octanol–water partition coefficient (Wildman–Crippen LogP) is 2.69. The van der Waals surface area contributed by atoms with Gasteiger partial charge >= 0.3 is 0 Å². The summed E-state index contributed by atoms with van der Waals surface area (Å²) >= 11 is 0. The summed E-state index contributed by atoms with van der Waals surface area (Å²) in [6.07, 6.45) is 2.81. The smallest absolute Gasteiger partial charge is 0.0670 e. The van der Waals surface area contributed by atoms with Gasteiger partial charge in [-0.3, -0.25) is 4.90 Å². The first-order chi connectivity index (χ1) is 7.73. The van der Waals surface area contributed by atoms with Crippen LogP contribution in [0.2, 0.25) is 0 Å². The van der Waals surface area contributed by atoms with Gasteiger partial charge in [0.05, 0.1) is 12.2 Å². The highest BCUT2D eigenvalue weighted by atomic mass is 16.5. The Morgan fingerprint density at radius 2 is 1.59 bits per heavy atom. The van der Waals surface area contributed by atoms with Gasteiger partial charge in [-0.2, -0.15) is 0 Å². The molecule has 1 heterocycles. The molecular weight excluding hydrogens is 214 g/mol. The van der Waals surface area contributed by atoms with Crippen LogP contribution in [-0.2, 0) is 9.47 Å². The third-order valence-electron chi connectivity index (χ3n) is 4.09. The molecule has 1 unspecified atom stereocenters. The van der Waals surface area contributed by atoms with Gasteiger partial charge in [0.25, 0.3) is 0 Å². The quantitative estimate of drug-likeness (QED) is 0.758. The molecule has 1 fully saturated rings. The van der Waals surface area contributed by atoms with Gasteiger partial charge in [0.1, 0.15) is 0 Å². The maximum atomic E-state index is 5.58. The lowest BCUT2D eigenvalue weighted by atomic mass is 9.78. The molecule has 0 bridgehead atoms. The third kappa shape index (κ3) is 3.43. The minimum atomic E-state index is 0.162. The van der Waals surface area contributed by atoms with Gasteiger partial charge in [-0.05, 0) is 47.5 Å². The van der Waals surface area contributed by atoms with Gasteiger partial charge in [-0.25, -0.2) is 0 Å². The van der Waals surface area contributed by atoms with Crippen molar-refractivity contribution in [1.29, 1.82) is 0 Å². The molecule has 3 nitrogen and oxygen atoms in total. The Kier molecular flexibility index (Phi) is 4.61. The van der Waals surface area contributed by atoms with E-state index < -0.39 is 0 Å². The summed E-state index contributed by atoms with van der Waals surface area (Å²) in [6, 6.07) is 0. The zero-order chi connectivity index (χ0) is 13.3. The van der Waals surface area contributed by atoms with E-state index in [-0.39, 0.29) is 17.2 Å². The molecule has 3 heteroatoms. The van der Waals surface area contributed by atoms with Crippen LogP contribution in [0.25, 0.3) is 0 Å². The van der Waals surface area contributed by atoms with E-state index in [2.05, 4.69) is 39.5 Å². The number of nitrogens with zero attached hydrogens (tertiary/aromatic N) is 1. The Morgan fingerprint density at radius 1 is 1.12 bits per heavy atom. The molecule has 0 amide bonds. The number of hydrogen-bond acceptors (Lipinski definition) is 3. The Labute approximate surface area is 106 Å². The van der Waals surface area contributed by atoms with E-state index in [9.17, 15) is 0 Å². The minimum Gasteiger partial charge on any atom is -0.381 e. The first kappa shape index (κ1) is 14.9. The van der Waals surface area contributed by atoms with Gasteiger partial charge in [0.15, 0.2) is 0 Å². The van der Waals surface area contributed by atoms with Gasteiger partial charge in [-0.15, -0.1) is 0 Å². The fourth-order valence-corrected chi connectivity index (χ4v) is 3.22. The highest BCUT2D eigenvalue weighted by Gasteiger charge is 2.45. The molecule has 0 aromatic heterocycles. The molecule has 1 atom stereocenters. The van der Waals surface area contributed by atoms with E-state index in [1.54, 1.807) is 7.11 Å². The lowest BCUT2D eigenvalue weighted by Gasteiger charge is -2.55. The van der Waals surface area contributed by atoms with Crippen LogP contribution in [0.3, 0.4) is 0 Å². The lowest BCUT2D eigenvalue weighted by molar-refractivity contribution is -0.108. The molecule has 0 saturated carbocycles. The van der Waals surface area contributed by atoms with E-state index >= 15 is 0 Å². The summed E-state index contributed by atoms with van der Waals surface area (Å²) in [4.78, 5) is 2.57. The highest BCUT2D eigenvalue weighted by Crippen LogP contribution is 2.39. The molecular formula is C14H29NO2. The third-order valence-corrected chi connectivity index (χ3v) is 4.09. The molecule has 17 heavy (non-hydrogen) atoms. The maximum Gasteiger partial charge on any atom is 0.0670 e. The van der Waals surface area contributed by atoms with Gasteiger partial charge in [-0.1, -0.05) is 0 Å². The van der Waals surface area contributed by atoms with Gasteiger partial charge < -0.3 is 9.47 Å².